The standard InChI is InChI=1S/C45H54N2O4/c48-37(28-46-35-12-3-1-4-13-35)30-50-39-23-19-32(20-24-39)45(44-27-34-11-7-8-16-41(34)42-17-9-10-18-43(42)44)33-21-25-40(26-22-33)51-31-38(49)29-47-36-14-5-2-6-15-36/h7-11,16-27,35-38,45-49H,1-6,12-15,28-31H2. The van der Waals surface area contributed by atoms with Crippen LogP contribution in [-0.4, -0.2) is 60.8 Å². The van der Waals surface area contributed by atoms with Crippen molar-refractivity contribution in [2.75, 3.05) is 26.3 Å². The molecular weight excluding hydrogens is 633 g/mol. The zero-order chi connectivity index (χ0) is 34.8. The number of aliphatic hydroxyl groups excluding tert-OH is 2. The molecule has 2 unspecified atom stereocenters. The smallest absolute Gasteiger partial charge is 0.119 e. The first kappa shape index (κ1) is 35.5. The summed E-state index contributed by atoms with van der Waals surface area (Å²) in [5, 5.41) is 33.2. The average Bonchev–Trinajstić information content (AvgIpc) is 3.19. The van der Waals surface area contributed by atoms with Crippen LogP contribution in [0.4, 0.5) is 0 Å². The molecule has 51 heavy (non-hydrogen) atoms. The van der Waals surface area contributed by atoms with Gasteiger partial charge in [0.15, 0.2) is 0 Å². The van der Waals surface area contributed by atoms with Gasteiger partial charge in [0.1, 0.15) is 36.9 Å². The Hall–Kier alpha value is -3.94. The van der Waals surface area contributed by atoms with Crippen LogP contribution >= 0.6 is 0 Å². The van der Waals surface area contributed by atoms with E-state index in [0.717, 1.165) is 22.6 Å². The highest BCUT2D eigenvalue weighted by molar-refractivity contribution is 6.09. The van der Waals surface area contributed by atoms with Crippen molar-refractivity contribution in [2.24, 2.45) is 0 Å². The minimum absolute atomic E-state index is 0.0434. The lowest BCUT2D eigenvalue weighted by molar-refractivity contribution is 0.102. The van der Waals surface area contributed by atoms with Crippen molar-refractivity contribution in [1.29, 1.82) is 0 Å². The lowest BCUT2D eigenvalue weighted by Crippen LogP contribution is -2.38. The average molecular weight is 687 g/mol. The van der Waals surface area contributed by atoms with Crippen molar-refractivity contribution in [3.05, 3.63) is 120 Å². The maximum Gasteiger partial charge on any atom is 0.119 e. The Bertz CT molecular complexity index is 1740. The van der Waals surface area contributed by atoms with Crippen molar-refractivity contribution >= 4 is 21.5 Å². The van der Waals surface area contributed by atoms with Gasteiger partial charge >= 0.3 is 0 Å². The molecule has 2 fully saturated rings. The normalized spacial score (nSPS) is 17.7. The van der Waals surface area contributed by atoms with Crippen LogP contribution in [0.2, 0.25) is 0 Å². The summed E-state index contributed by atoms with van der Waals surface area (Å²) in [5.74, 6) is 1.45. The molecule has 2 atom stereocenters. The summed E-state index contributed by atoms with van der Waals surface area (Å²) in [6.45, 7) is 1.61. The van der Waals surface area contributed by atoms with Crippen molar-refractivity contribution in [1.82, 2.24) is 10.6 Å². The Labute approximate surface area is 303 Å². The molecule has 4 N–H and O–H groups in total. The van der Waals surface area contributed by atoms with E-state index in [2.05, 4.69) is 89.5 Å². The van der Waals surface area contributed by atoms with E-state index < -0.39 is 12.2 Å². The van der Waals surface area contributed by atoms with E-state index in [1.807, 2.05) is 24.3 Å². The van der Waals surface area contributed by atoms with E-state index in [-0.39, 0.29) is 19.1 Å². The Kier molecular flexibility index (Phi) is 12.2. The molecule has 5 aromatic rings. The summed E-state index contributed by atoms with van der Waals surface area (Å²) in [5.41, 5.74) is 3.54. The number of aliphatic hydroxyl groups is 2. The summed E-state index contributed by atoms with van der Waals surface area (Å²) in [6.07, 6.45) is 11.4. The molecule has 0 radical (unpaired) electrons. The molecule has 5 aromatic carbocycles. The Balaban J connectivity index is 1.09. The minimum Gasteiger partial charge on any atom is -0.491 e. The van der Waals surface area contributed by atoms with Crippen LogP contribution in [0.3, 0.4) is 0 Å². The van der Waals surface area contributed by atoms with E-state index >= 15 is 0 Å². The van der Waals surface area contributed by atoms with Crippen LogP contribution in [0.15, 0.2) is 103 Å². The Morgan fingerprint density at radius 2 is 0.980 bits per heavy atom. The molecular formula is C45H54N2O4. The predicted molar refractivity (Wildman–Crippen MR) is 208 cm³/mol. The van der Waals surface area contributed by atoms with Gasteiger partial charge in [0.25, 0.3) is 0 Å². The lowest BCUT2D eigenvalue weighted by atomic mass is 9.81. The summed E-state index contributed by atoms with van der Waals surface area (Å²) >= 11 is 0. The fraction of sp³-hybridized carbons (Fsp3) is 0.422. The molecule has 0 amide bonds. The first-order valence-electron chi connectivity index (χ1n) is 19.3. The molecule has 2 saturated carbocycles. The maximum atomic E-state index is 10.6. The minimum atomic E-state index is -0.557. The molecule has 268 valence electrons. The second-order valence-electron chi connectivity index (χ2n) is 14.7. The van der Waals surface area contributed by atoms with E-state index in [0.29, 0.717) is 25.2 Å². The van der Waals surface area contributed by atoms with E-state index in [1.165, 1.54) is 91.3 Å². The van der Waals surface area contributed by atoms with E-state index in [1.54, 1.807) is 0 Å². The zero-order valence-electron chi connectivity index (χ0n) is 29.8. The summed E-state index contributed by atoms with van der Waals surface area (Å²) < 4.78 is 12.1. The van der Waals surface area contributed by atoms with Gasteiger partial charge in [0, 0.05) is 31.1 Å². The summed E-state index contributed by atoms with van der Waals surface area (Å²) in [4.78, 5) is 0. The quantitative estimate of drug-likeness (QED) is 0.0653. The zero-order valence-corrected chi connectivity index (χ0v) is 29.8. The number of nitrogens with one attached hydrogen (secondary N) is 2. The van der Waals surface area contributed by atoms with Crippen molar-refractivity contribution < 1.29 is 19.7 Å². The van der Waals surface area contributed by atoms with Crippen molar-refractivity contribution in [3.8, 4) is 11.5 Å². The number of fused-ring (bicyclic) bond motifs is 3. The molecule has 6 heteroatoms. The highest BCUT2D eigenvalue weighted by Gasteiger charge is 2.22. The molecule has 2 aliphatic carbocycles. The summed E-state index contributed by atoms with van der Waals surface area (Å²) in [6, 6.07) is 37.3. The fourth-order valence-corrected chi connectivity index (χ4v) is 8.11. The van der Waals surface area contributed by atoms with Gasteiger partial charge in [0.05, 0.1) is 0 Å². The molecule has 0 saturated heterocycles. The van der Waals surface area contributed by atoms with Gasteiger partial charge in [-0.1, -0.05) is 111 Å². The number of benzene rings is 5. The van der Waals surface area contributed by atoms with Gasteiger partial charge in [-0.3, -0.25) is 0 Å². The molecule has 7 rings (SSSR count). The van der Waals surface area contributed by atoms with E-state index in [9.17, 15) is 10.2 Å². The number of ether oxygens (including phenoxy) is 2. The largest absolute Gasteiger partial charge is 0.491 e. The van der Waals surface area contributed by atoms with Gasteiger partial charge in [0.2, 0.25) is 0 Å². The Morgan fingerprint density at radius 3 is 1.49 bits per heavy atom. The second kappa shape index (κ2) is 17.5. The van der Waals surface area contributed by atoms with Crippen LogP contribution in [0.5, 0.6) is 11.5 Å². The third-order valence-electron chi connectivity index (χ3n) is 10.9. The SMILES string of the molecule is OC(CNC1CCCCC1)COc1ccc(C(c2ccc(OCC(O)CNC3CCCCC3)cc2)c2cc3ccccc3c3ccccc23)cc1. The van der Waals surface area contributed by atoms with Crippen LogP contribution in [0.25, 0.3) is 21.5 Å². The molecule has 0 aliphatic heterocycles. The number of hydrogen-bond donors (Lipinski definition) is 4. The molecule has 6 nitrogen and oxygen atoms in total. The highest BCUT2D eigenvalue weighted by atomic mass is 16.5. The lowest BCUT2D eigenvalue weighted by Gasteiger charge is -2.24. The monoisotopic (exact) mass is 686 g/mol. The van der Waals surface area contributed by atoms with Crippen LogP contribution in [-0.2, 0) is 0 Å². The van der Waals surface area contributed by atoms with Crippen molar-refractivity contribution in [3.63, 3.8) is 0 Å². The second-order valence-corrected chi connectivity index (χ2v) is 14.7. The Morgan fingerprint density at radius 1 is 0.529 bits per heavy atom. The van der Waals surface area contributed by atoms with Gasteiger partial charge < -0.3 is 30.3 Å². The van der Waals surface area contributed by atoms with Gasteiger partial charge in [-0.15, -0.1) is 0 Å². The van der Waals surface area contributed by atoms with Crippen molar-refractivity contribution in [2.45, 2.75) is 94.4 Å². The number of hydrogen-bond acceptors (Lipinski definition) is 6. The predicted octanol–water partition coefficient (Wildman–Crippen LogP) is 8.50. The number of rotatable bonds is 15. The summed E-state index contributed by atoms with van der Waals surface area (Å²) in [7, 11) is 0. The third-order valence-corrected chi connectivity index (χ3v) is 10.9. The maximum absolute atomic E-state index is 10.6. The first-order valence-corrected chi connectivity index (χ1v) is 19.3. The van der Waals surface area contributed by atoms with Gasteiger partial charge in [-0.2, -0.15) is 0 Å². The van der Waals surface area contributed by atoms with Gasteiger partial charge in [-0.05, 0) is 94.3 Å². The van der Waals surface area contributed by atoms with Crippen LogP contribution < -0.4 is 20.1 Å². The van der Waals surface area contributed by atoms with Gasteiger partial charge in [-0.25, -0.2) is 0 Å². The third kappa shape index (κ3) is 9.30. The first-order chi connectivity index (χ1) is 25.1. The molecule has 0 spiro atoms. The molecule has 2 aliphatic rings. The molecule has 0 bridgehead atoms. The highest BCUT2D eigenvalue weighted by Crippen LogP contribution is 2.40. The van der Waals surface area contributed by atoms with Crippen LogP contribution in [0.1, 0.15) is 86.8 Å². The molecule has 0 aromatic heterocycles. The fourth-order valence-electron chi connectivity index (χ4n) is 8.11. The van der Waals surface area contributed by atoms with E-state index in [4.69, 9.17) is 9.47 Å². The topological polar surface area (TPSA) is 83.0 Å². The molecule has 0 heterocycles. The van der Waals surface area contributed by atoms with Crippen LogP contribution in [0, 0.1) is 0 Å².